The van der Waals surface area contributed by atoms with E-state index in [1.807, 2.05) is 19.2 Å². The molecule has 0 unspecified atom stereocenters. The van der Waals surface area contributed by atoms with Gasteiger partial charge in [0.15, 0.2) is 0 Å². The van der Waals surface area contributed by atoms with Crippen molar-refractivity contribution in [3.63, 3.8) is 0 Å². The highest BCUT2D eigenvalue weighted by molar-refractivity contribution is 8.02. The maximum Gasteiger partial charge on any atom is 0.256 e. The first-order valence-electron chi connectivity index (χ1n) is 7.69. The number of hydrogen-bond acceptors (Lipinski definition) is 5. The molecule has 1 fully saturated rings. The van der Waals surface area contributed by atoms with E-state index in [4.69, 9.17) is 17.0 Å². The summed E-state index contributed by atoms with van der Waals surface area (Å²) < 4.78 is 0. The zero-order chi connectivity index (χ0) is 17.9. The van der Waals surface area contributed by atoms with Gasteiger partial charge in [-0.15, -0.1) is 23.5 Å². The zero-order valence-electron chi connectivity index (χ0n) is 13.9. The van der Waals surface area contributed by atoms with E-state index >= 15 is 0 Å². The van der Waals surface area contributed by atoms with Crippen LogP contribution in [-0.2, 0) is 4.79 Å². The molecule has 1 saturated carbocycles. The van der Waals surface area contributed by atoms with Crippen LogP contribution in [0, 0.1) is 11.3 Å². The van der Waals surface area contributed by atoms with Gasteiger partial charge >= 0.3 is 0 Å². The second-order valence-corrected chi connectivity index (χ2v) is 7.88. The minimum atomic E-state index is -0.459. The van der Waals surface area contributed by atoms with Crippen LogP contribution in [0.15, 0.2) is 27.5 Å². The summed E-state index contributed by atoms with van der Waals surface area (Å²) in [6, 6.07) is 3.61. The summed E-state index contributed by atoms with van der Waals surface area (Å²) in [5.74, 6) is 0.218. The van der Waals surface area contributed by atoms with Gasteiger partial charge in [0, 0.05) is 28.3 Å². The first-order valence-corrected chi connectivity index (χ1v) is 10.3. The average Bonchev–Trinajstić information content (AvgIpc) is 3.41. The van der Waals surface area contributed by atoms with Crippen LogP contribution in [0.2, 0.25) is 5.02 Å². The third kappa shape index (κ3) is 3.92. The van der Waals surface area contributed by atoms with Crippen LogP contribution < -0.4 is 5.32 Å². The van der Waals surface area contributed by atoms with Crippen LogP contribution in [0.25, 0.3) is 5.76 Å². The number of carbonyl (C=O) groups is 1. The lowest BCUT2D eigenvalue weighted by molar-refractivity contribution is -0.116. The Morgan fingerprint density at radius 2 is 2.12 bits per heavy atom. The number of halogens is 1. The molecule has 1 aliphatic rings. The summed E-state index contributed by atoms with van der Waals surface area (Å²) >= 11 is 9.71. The molecule has 130 valence electrons. The van der Waals surface area contributed by atoms with Crippen molar-refractivity contribution >= 4 is 52.5 Å². The van der Waals surface area contributed by atoms with Gasteiger partial charge in [0.1, 0.15) is 11.3 Å². The monoisotopic (exact) mass is 384 g/mol. The lowest BCUT2D eigenvalue weighted by atomic mass is 10.0. The Morgan fingerprint density at radius 3 is 2.62 bits per heavy atom. The number of rotatable bonds is 7. The normalized spacial score (nSPS) is 15.0. The summed E-state index contributed by atoms with van der Waals surface area (Å²) in [4.78, 5) is 14.1. The molecule has 1 amide bonds. The van der Waals surface area contributed by atoms with Crippen molar-refractivity contribution in [2.45, 2.75) is 29.6 Å². The molecule has 0 aliphatic heterocycles. The Labute approximate surface area is 155 Å². The fraction of sp³-hybridized carbons (Fsp3) is 0.412. The van der Waals surface area contributed by atoms with Crippen LogP contribution in [0.5, 0.6) is 0 Å². The van der Waals surface area contributed by atoms with E-state index in [0.717, 1.165) is 28.4 Å². The number of aliphatic hydroxyl groups excluding tert-OH is 1. The van der Waals surface area contributed by atoms with Crippen LogP contribution in [0.4, 0.5) is 0 Å². The predicted molar refractivity (Wildman–Crippen MR) is 104 cm³/mol. The van der Waals surface area contributed by atoms with Gasteiger partial charge in [-0.2, -0.15) is 0 Å². The smallest absolute Gasteiger partial charge is 0.256 e. The van der Waals surface area contributed by atoms with Gasteiger partial charge < -0.3 is 15.8 Å². The zero-order valence-corrected chi connectivity index (χ0v) is 16.3. The van der Waals surface area contributed by atoms with Crippen molar-refractivity contribution in [3.05, 3.63) is 28.3 Å². The maximum atomic E-state index is 12.2. The van der Waals surface area contributed by atoms with E-state index in [9.17, 15) is 9.90 Å². The molecular weight excluding hydrogens is 364 g/mol. The number of likely N-dealkylation sites (N-methyl/N-ethyl adjacent to an activating group) is 1. The molecular formula is C17H21ClN2O2S2. The van der Waals surface area contributed by atoms with E-state index in [1.54, 1.807) is 29.6 Å². The number of aliphatic hydroxyl groups is 1. The number of thioether (sulfide) groups is 2. The molecule has 24 heavy (non-hydrogen) atoms. The van der Waals surface area contributed by atoms with Gasteiger partial charge in [0.25, 0.3) is 5.91 Å². The van der Waals surface area contributed by atoms with E-state index in [-0.39, 0.29) is 23.0 Å². The van der Waals surface area contributed by atoms with Gasteiger partial charge in [-0.05, 0) is 37.0 Å². The van der Waals surface area contributed by atoms with Crippen molar-refractivity contribution in [2.75, 3.05) is 19.1 Å². The molecule has 2 rings (SSSR count). The molecule has 0 atom stereocenters. The highest BCUT2D eigenvalue weighted by atomic mass is 35.5. The lowest BCUT2D eigenvalue weighted by Crippen LogP contribution is -2.26. The summed E-state index contributed by atoms with van der Waals surface area (Å²) in [6.45, 7) is 2.03. The SMILES string of the molecule is CCSc1c(SC)ccc(C(O)=C(C(=N)C2CC2)C(=O)NC)c1Cl. The summed E-state index contributed by atoms with van der Waals surface area (Å²) in [6.07, 6.45) is 3.73. The Morgan fingerprint density at radius 1 is 1.46 bits per heavy atom. The molecule has 0 heterocycles. The van der Waals surface area contributed by atoms with Crippen LogP contribution in [-0.4, -0.2) is 35.8 Å². The predicted octanol–water partition coefficient (Wildman–Crippen LogP) is 4.62. The molecule has 0 saturated heterocycles. The number of nitrogens with one attached hydrogen (secondary N) is 2. The van der Waals surface area contributed by atoms with Crippen molar-refractivity contribution in [1.82, 2.24) is 5.32 Å². The quantitative estimate of drug-likeness (QED) is 0.277. The van der Waals surface area contributed by atoms with E-state index in [0.29, 0.717) is 10.6 Å². The fourth-order valence-corrected chi connectivity index (χ4v) is 4.48. The first kappa shape index (κ1) is 19.2. The van der Waals surface area contributed by atoms with Crippen LogP contribution in [0.3, 0.4) is 0 Å². The molecule has 1 aromatic rings. The molecule has 0 radical (unpaired) electrons. The third-order valence-corrected chi connectivity index (χ3v) is 6.19. The molecule has 7 heteroatoms. The Bertz CT molecular complexity index is 700. The topological polar surface area (TPSA) is 73.2 Å². The second kappa shape index (κ2) is 8.32. The highest BCUT2D eigenvalue weighted by Gasteiger charge is 2.33. The van der Waals surface area contributed by atoms with E-state index < -0.39 is 5.91 Å². The summed E-state index contributed by atoms with van der Waals surface area (Å²) in [5.41, 5.74) is 0.599. The van der Waals surface area contributed by atoms with Crippen LogP contribution >= 0.6 is 35.1 Å². The standard InChI is InChI=1S/C17H21ClN2O2S2/c1-4-24-16-11(23-3)8-7-10(13(16)18)15(21)12(17(22)20-2)14(19)9-5-6-9/h7-9,19,21H,4-6H2,1-3H3,(H,20,22). The van der Waals surface area contributed by atoms with Gasteiger partial charge in [-0.25, -0.2) is 0 Å². The van der Waals surface area contributed by atoms with Gasteiger partial charge in [0.2, 0.25) is 0 Å². The fourth-order valence-electron chi connectivity index (χ4n) is 2.35. The Hall–Kier alpha value is -1.11. The Kier molecular flexibility index (Phi) is 6.66. The maximum absolute atomic E-state index is 12.2. The van der Waals surface area contributed by atoms with E-state index in [1.165, 1.54) is 7.05 Å². The van der Waals surface area contributed by atoms with E-state index in [2.05, 4.69) is 5.32 Å². The third-order valence-electron chi connectivity index (χ3n) is 3.77. The molecule has 0 aromatic heterocycles. The number of hydrogen-bond donors (Lipinski definition) is 3. The van der Waals surface area contributed by atoms with Crippen molar-refractivity contribution in [3.8, 4) is 0 Å². The van der Waals surface area contributed by atoms with Crippen molar-refractivity contribution in [1.29, 1.82) is 5.41 Å². The van der Waals surface area contributed by atoms with Gasteiger partial charge in [-0.3, -0.25) is 4.79 Å². The Balaban J connectivity index is 2.59. The number of carbonyl (C=O) groups excluding carboxylic acids is 1. The average molecular weight is 385 g/mol. The molecule has 3 N–H and O–H groups in total. The molecule has 1 aromatic carbocycles. The molecule has 1 aliphatic carbocycles. The molecule has 4 nitrogen and oxygen atoms in total. The highest BCUT2D eigenvalue weighted by Crippen LogP contribution is 2.41. The number of amides is 1. The van der Waals surface area contributed by atoms with Crippen molar-refractivity contribution in [2.24, 2.45) is 5.92 Å². The van der Waals surface area contributed by atoms with Crippen LogP contribution in [0.1, 0.15) is 25.3 Å². The summed E-state index contributed by atoms with van der Waals surface area (Å²) in [7, 11) is 1.49. The van der Waals surface area contributed by atoms with Gasteiger partial charge in [0.05, 0.1) is 10.7 Å². The lowest BCUT2D eigenvalue weighted by Gasteiger charge is -2.15. The largest absolute Gasteiger partial charge is 0.506 e. The minimum absolute atomic E-state index is 0.0197. The summed E-state index contributed by atoms with van der Waals surface area (Å²) in [5, 5.41) is 21.9. The van der Waals surface area contributed by atoms with Crippen molar-refractivity contribution < 1.29 is 9.90 Å². The minimum Gasteiger partial charge on any atom is -0.506 e. The molecule has 0 bridgehead atoms. The first-order chi connectivity index (χ1) is 11.5. The second-order valence-electron chi connectivity index (χ2n) is 5.38. The number of benzene rings is 1. The van der Waals surface area contributed by atoms with Gasteiger partial charge in [-0.1, -0.05) is 18.5 Å². The molecule has 0 spiro atoms.